The van der Waals surface area contributed by atoms with Crippen LogP contribution in [0.4, 0.5) is 0 Å². The normalized spacial score (nSPS) is 20.2. The number of hydrogen-bond donors (Lipinski definition) is 1. The monoisotopic (exact) mass is 320 g/mol. The fourth-order valence-corrected chi connectivity index (χ4v) is 2.63. The van der Waals surface area contributed by atoms with Gasteiger partial charge in [-0.1, -0.05) is 0 Å². The summed E-state index contributed by atoms with van der Waals surface area (Å²) >= 11 is 0. The van der Waals surface area contributed by atoms with Gasteiger partial charge in [-0.15, -0.1) is 0 Å². The van der Waals surface area contributed by atoms with E-state index in [0.717, 1.165) is 0 Å². The molecule has 0 spiro atoms. The number of carbonyl (C=O) groups is 1. The molecule has 0 aliphatic carbocycles. The van der Waals surface area contributed by atoms with Crippen LogP contribution in [0.3, 0.4) is 0 Å². The lowest BCUT2D eigenvalue weighted by Crippen LogP contribution is -2.37. The van der Waals surface area contributed by atoms with E-state index in [1.165, 1.54) is 33.3 Å². The first-order chi connectivity index (χ1) is 10.9. The number of methoxy groups -OCH3 is 2. The molecular weight excluding hydrogens is 304 g/mol. The molecule has 7 nitrogen and oxygen atoms in total. The fraction of sp³-hybridized carbons (Fsp3) is 0.375. The minimum Gasteiger partial charge on any atom is -0.496 e. The van der Waals surface area contributed by atoms with Gasteiger partial charge in [-0.05, 0) is 19.1 Å². The van der Waals surface area contributed by atoms with E-state index in [1.807, 2.05) is 0 Å². The molecular formula is C16H16O7. The molecule has 23 heavy (non-hydrogen) atoms. The standard InChI is InChI=1S/C16H16O7/c1-16(19)6-12-9(7-22-16)14(17)13-10(20-2)4-8(15(18)21-3)5-11(13)23-12/h4-5,19H,6-7H2,1-3H3/t16-/m0/s1. The van der Waals surface area contributed by atoms with Crippen molar-refractivity contribution in [3.63, 3.8) is 0 Å². The summed E-state index contributed by atoms with van der Waals surface area (Å²) in [5, 5.41) is 10.2. The number of ether oxygens (including phenoxy) is 3. The van der Waals surface area contributed by atoms with Crippen molar-refractivity contribution in [3.8, 4) is 5.75 Å². The van der Waals surface area contributed by atoms with Crippen LogP contribution >= 0.6 is 0 Å². The van der Waals surface area contributed by atoms with Crippen LogP contribution in [-0.2, 0) is 22.5 Å². The molecule has 2 aromatic rings. The lowest BCUT2D eigenvalue weighted by molar-refractivity contribution is -0.207. The summed E-state index contributed by atoms with van der Waals surface area (Å²) in [5.74, 6) is -1.42. The highest BCUT2D eigenvalue weighted by Crippen LogP contribution is 2.31. The van der Waals surface area contributed by atoms with Gasteiger partial charge in [0.1, 0.15) is 22.5 Å². The minimum absolute atomic E-state index is 0.0400. The van der Waals surface area contributed by atoms with E-state index in [1.54, 1.807) is 0 Å². The molecule has 7 heteroatoms. The van der Waals surface area contributed by atoms with Gasteiger partial charge in [0.25, 0.3) is 0 Å². The Morgan fingerprint density at radius 1 is 1.35 bits per heavy atom. The number of carbonyl (C=O) groups excluding carboxylic acids is 1. The van der Waals surface area contributed by atoms with E-state index in [2.05, 4.69) is 4.74 Å². The lowest BCUT2D eigenvalue weighted by atomic mass is 10.0. The van der Waals surface area contributed by atoms with Crippen LogP contribution in [0.1, 0.15) is 28.6 Å². The minimum atomic E-state index is -1.40. The number of benzene rings is 1. The van der Waals surface area contributed by atoms with E-state index >= 15 is 0 Å². The van der Waals surface area contributed by atoms with Crippen LogP contribution in [0.15, 0.2) is 21.3 Å². The zero-order valence-electron chi connectivity index (χ0n) is 13.0. The Balaban J connectivity index is 2.30. The van der Waals surface area contributed by atoms with E-state index in [9.17, 15) is 14.7 Å². The second kappa shape index (κ2) is 5.36. The van der Waals surface area contributed by atoms with E-state index in [0.29, 0.717) is 11.3 Å². The molecule has 122 valence electrons. The van der Waals surface area contributed by atoms with Crippen LogP contribution < -0.4 is 10.2 Å². The first-order valence-corrected chi connectivity index (χ1v) is 6.97. The molecule has 1 aromatic heterocycles. The molecule has 0 saturated heterocycles. The van der Waals surface area contributed by atoms with Gasteiger partial charge in [0.2, 0.25) is 5.43 Å². The van der Waals surface area contributed by atoms with Crippen molar-refractivity contribution in [2.24, 2.45) is 0 Å². The highest BCUT2D eigenvalue weighted by Gasteiger charge is 2.33. The summed E-state index contributed by atoms with van der Waals surface area (Å²) in [4.78, 5) is 24.4. The lowest BCUT2D eigenvalue weighted by Gasteiger charge is -2.28. The molecule has 1 aliphatic rings. The maximum atomic E-state index is 12.7. The Bertz CT molecular complexity index is 848. The number of aliphatic hydroxyl groups is 1. The maximum absolute atomic E-state index is 12.7. The first-order valence-electron chi connectivity index (χ1n) is 6.97. The summed E-state index contributed by atoms with van der Waals surface area (Å²) in [6.45, 7) is 1.44. The second-order valence-electron chi connectivity index (χ2n) is 5.52. The van der Waals surface area contributed by atoms with Gasteiger partial charge in [-0.25, -0.2) is 4.79 Å². The molecule has 1 atom stereocenters. The molecule has 0 fully saturated rings. The molecule has 1 aliphatic heterocycles. The third-order valence-corrected chi connectivity index (χ3v) is 3.79. The molecule has 1 aromatic carbocycles. The quantitative estimate of drug-likeness (QED) is 0.835. The topological polar surface area (TPSA) is 95.2 Å². The largest absolute Gasteiger partial charge is 0.496 e. The van der Waals surface area contributed by atoms with Crippen molar-refractivity contribution >= 4 is 16.9 Å². The molecule has 0 saturated carbocycles. The van der Waals surface area contributed by atoms with Crippen LogP contribution in [0.2, 0.25) is 0 Å². The summed E-state index contributed by atoms with van der Waals surface area (Å²) in [6.07, 6.45) is 0.0400. The van der Waals surface area contributed by atoms with E-state index in [4.69, 9.17) is 13.9 Å². The Morgan fingerprint density at radius 2 is 2.09 bits per heavy atom. The Kier molecular flexibility index (Phi) is 3.62. The SMILES string of the molecule is COC(=O)c1cc(OC)c2c(=O)c3c(oc2c1)C[C@@](C)(O)OC3. The van der Waals surface area contributed by atoms with Gasteiger partial charge < -0.3 is 23.7 Å². The zero-order chi connectivity index (χ0) is 16.8. The molecule has 3 rings (SSSR count). The third-order valence-electron chi connectivity index (χ3n) is 3.79. The Labute approximate surface area is 131 Å². The summed E-state index contributed by atoms with van der Waals surface area (Å²) < 4.78 is 20.9. The highest BCUT2D eigenvalue weighted by atomic mass is 16.6. The van der Waals surface area contributed by atoms with Gasteiger partial charge in [-0.3, -0.25) is 4.79 Å². The zero-order valence-corrected chi connectivity index (χ0v) is 13.0. The first kappa shape index (κ1) is 15.5. The van der Waals surface area contributed by atoms with Crippen molar-refractivity contribution < 1.29 is 28.5 Å². The van der Waals surface area contributed by atoms with E-state index in [-0.39, 0.29) is 40.7 Å². The molecule has 0 radical (unpaired) electrons. The molecule has 0 unspecified atom stereocenters. The predicted octanol–water partition coefficient (Wildman–Crippen LogP) is 1.37. The van der Waals surface area contributed by atoms with Crippen molar-refractivity contribution in [2.45, 2.75) is 25.7 Å². The third kappa shape index (κ3) is 2.58. The van der Waals surface area contributed by atoms with Gasteiger partial charge >= 0.3 is 5.97 Å². The molecule has 0 bridgehead atoms. The van der Waals surface area contributed by atoms with Crippen molar-refractivity contribution in [3.05, 3.63) is 39.2 Å². The molecule has 0 amide bonds. The average molecular weight is 320 g/mol. The van der Waals surface area contributed by atoms with Gasteiger partial charge in [0.15, 0.2) is 5.79 Å². The summed E-state index contributed by atoms with van der Waals surface area (Å²) in [6, 6.07) is 2.85. The molecule has 1 N–H and O–H groups in total. The van der Waals surface area contributed by atoms with Gasteiger partial charge in [-0.2, -0.15) is 0 Å². The number of hydrogen-bond acceptors (Lipinski definition) is 7. The van der Waals surface area contributed by atoms with Crippen molar-refractivity contribution in [1.29, 1.82) is 0 Å². The molecule has 2 heterocycles. The smallest absolute Gasteiger partial charge is 0.338 e. The highest BCUT2D eigenvalue weighted by molar-refractivity contribution is 5.96. The average Bonchev–Trinajstić information content (AvgIpc) is 2.51. The summed E-state index contributed by atoms with van der Waals surface area (Å²) in [5.41, 5.74) is 0.447. The fourth-order valence-electron chi connectivity index (χ4n) is 2.63. The predicted molar refractivity (Wildman–Crippen MR) is 79.5 cm³/mol. The van der Waals surface area contributed by atoms with E-state index < -0.39 is 11.8 Å². The Morgan fingerprint density at radius 3 is 2.74 bits per heavy atom. The second-order valence-corrected chi connectivity index (χ2v) is 5.52. The number of esters is 1. The number of fused-ring (bicyclic) bond motifs is 2. The van der Waals surface area contributed by atoms with Crippen LogP contribution in [0, 0.1) is 0 Å². The summed E-state index contributed by atoms with van der Waals surface area (Å²) in [7, 11) is 2.66. The maximum Gasteiger partial charge on any atom is 0.338 e. The Hall–Kier alpha value is -2.38. The van der Waals surface area contributed by atoms with Gasteiger partial charge in [0, 0.05) is 0 Å². The number of rotatable bonds is 2. The van der Waals surface area contributed by atoms with Gasteiger partial charge in [0.05, 0.1) is 38.4 Å². The van der Waals surface area contributed by atoms with Crippen molar-refractivity contribution in [2.75, 3.05) is 14.2 Å². The van der Waals surface area contributed by atoms with Crippen LogP contribution in [0.5, 0.6) is 5.75 Å². The van der Waals surface area contributed by atoms with Crippen LogP contribution in [-0.4, -0.2) is 31.1 Å². The van der Waals surface area contributed by atoms with Crippen LogP contribution in [0.25, 0.3) is 11.0 Å². The van der Waals surface area contributed by atoms with Crippen molar-refractivity contribution in [1.82, 2.24) is 0 Å².